The number of hydrogen-bond acceptors (Lipinski definition) is 4. The summed E-state index contributed by atoms with van der Waals surface area (Å²) in [5.74, 6) is 0.834. The van der Waals surface area contributed by atoms with Crippen molar-refractivity contribution in [3.05, 3.63) is 30.1 Å². The molecule has 0 saturated heterocycles. The number of benzene rings is 1. The van der Waals surface area contributed by atoms with Gasteiger partial charge in [0.15, 0.2) is 17.5 Å². The van der Waals surface area contributed by atoms with Crippen LogP contribution in [-0.2, 0) is 10.0 Å². The topological polar surface area (TPSA) is 83.0 Å². The third-order valence-electron chi connectivity index (χ3n) is 4.56. The van der Waals surface area contributed by atoms with E-state index < -0.39 is 15.8 Å². The van der Waals surface area contributed by atoms with Crippen LogP contribution in [0.4, 0.5) is 4.39 Å². The maximum Gasteiger partial charge on any atom is 0.213 e. The molecule has 0 aromatic heterocycles. The monoisotopic (exact) mass is 400 g/mol. The predicted molar refractivity (Wildman–Crippen MR) is 105 cm³/mol. The van der Waals surface area contributed by atoms with Crippen LogP contribution in [0.5, 0.6) is 5.75 Å². The van der Waals surface area contributed by atoms with Gasteiger partial charge in [-0.2, -0.15) is 0 Å². The van der Waals surface area contributed by atoms with E-state index in [0.29, 0.717) is 25.0 Å². The molecule has 0 bridgehead atoms. The molecule has 1 fully saturated rings. The number of para-hydroxylation sites is 1. The highest BCUT2D eigenvalue weighted by Gasteiger charge is 2.20. The summed E-state index contributed by atoms with van der Waals surface area (Å²) in [4.78, 5) is 5.93. The highest BCUT2D eigenvalue weighted by Crippen LogP contribution is 2.25. The Labute approximate surface area is 161 Å². The van der Waals surface area contributed by atoms with Crippen molar-refractivity contribution in [2.75, 3.05) is 46.1 Å². The van der Waals surface area contributed by atoms with Gasteiger partial charge in [0.1, 0.15) is 6.61 Å². The number of rotatable bonds is 10. The van der Waals surface area contributed by atoms with E-state index >= 15 is 0 Å². The van der Waals surface area contributed by atoms with Gasteiger partial charge in [0.25, 0.3) is 0 Å². The van der Waals surface area contributed by atoms with Crippen molar-refractivity contribution >= 4 is 16.0 Å². The summed E-state index contributed by atoms with van der Waals surface area (Å²) in [6, 6.07) is 6.24. The summed E-state index contributed by atoms with van der Waals surface area (Å²) >= 11 is 0. The summed E-state index contributed by atoms with van der Waals surface area (Å²) in [5, 5.41) is 3.03. The van der Waals surface area contributed by atoms with Crippen LogP contribution in [0.15, 0.2) is 29.3 Å². The van der Waals surface area contributed by atoms with Crippen LogP contribution >= 0.6 is 0 Å². The fourth-order valence-corrected chi connectivity index (χ4v) is 3.66. The number of halogens is 1. The smallest absolute Gasteiger partial charge is 0.213 e. The minimum Gasteiger partial charge on any atom is -0.489 e. The molecule has 0 spiro atoms. The fourth-order valence-electron chi connectivity index (χ4n) is 2.66. The average molecular weight is 401 g/mol. The maximum absolute atomic E-state index is 13.5. The van der Waals surface area contributed by atoms with Crippen LogP contribution < -0.4 is 14.8 Å². The van der Waals surface area contributed by atoms with E-state index in [2.05, 4.69) is 15.0 Å². The first-order chi connectivity index (χ1) is 12.9. The lowest BCUT2D eigenvalue weighted by Crippen LogP contribution is -2.44. The number of guanidine groups is 1. The Hall–Kier alpha value is -1.87. The lowest BCUT2D eigenvalue weighted by molar-refractivity contribution is 0.270. The van der Waals surface area contributed by atoms with E-state index in [1.165, 1.54) is 12.5 Å². The summed E-state index contributed by atoms with van der Waals surface area (Å²) in [5.41, 5.74) is 0. The molecule has 0 aliphatic heterocycles. The Kier molecular flexibility index (Phi) is 8.30. The van der Waals surface area contributed by atoms with E-state index in [-0.39, 0.29) is 24.7 Å². The molecule has 0 heterocycles. The number of ether oxygens (including phenoxy) is 1. The summed E-state index contributed by atoms with van der Waals surface area (Å²) in [6.45, 7) is 1.54. The summed E-state index contributed by atoms with van der Waals surface area (Å²) in [6.07, 6.45) is 3.40. The van der Waals surface area contributed by atoms with Gasteiger partial charge in [-0.05, 0) is 30.9 Å². The molecule has 2 N–H and O–H groups in total. The minimum atomic E-state index is -3.29. The van der Waals surface area contributed by atoms with Crippen LogP contribution in [-0.4, -0.2) is 65.4 Å². The highest BCUT2D eigenvalue weighted by atomic mass is 32.2. The molecule has 1 aliphatic rings. The number of aliphatic imine (C=N–C) groups is 1. The first-order valence-electron chi connectivity index (χ1n) is 9.17. The van der Waals surface area contributed by atoms with E-state index in [4.69, 9.17) is 4.74 Å². The Morgan fingerprint density at radius 3 is 2.74 bits per heavy atom. The lowest BCUT2D eigenvalue weighted by atomic mass is 9.86. The molecule has 0 unspecified atom stereocenters. The van der Waals surface area contributed by atoms with Crippen LogP contribution in [0.3, 0.4) is 0 Å². The number of sulfonamides is 1. The summed E-state index contributed by atoms with van der Waals surface area (Å²) in [7, 11) is 0.141. The minimum absolute atomic E-state index is 0.0156. The summed E-state index contributed by atoms with van der Waals surface area (Å²) < 4.78 is 45.6. The number of likely N-dealkylation sites (N-methyl/N-ethyl adjacent to an activating group) is 1. The molecule has 0 amide bonds. The van der Waals surface area contributed by atoms with Gasteiger partial charge < -0.3 is 15.0 Å². The zero-order valence-corrected chi connectivity index (χ0v) is 16.8. The van der Waals surface area contributed by atoms with Crippen molar-refractivity contribution in [3.63, 3.8) is 0 Å². The normalized spacial score (nSPS) is 15.3. The molecule has 1 aromatic rings. The van der Waals surface area contributed by atoms with Crippen LogP contribution in [0.1, 0.15) is 19.3 Å². The molecule has 2 rings (SSSR count). The second-order valence-corrected chi connectivity index (χ2v) is 8.57. The second-order valence-electron chi connectivity index (χ2n) is 6.64. The molecule has 1 aliphatic carbocycles. The van der Waals surface area contributed by atoms with Crippen molar-refractivity contribution in [2.24, 2.45) is 10.9 Å². The molecule has 152 valence electrons. The first-order valence-corrected chi connectivity index (χ1v) is 10.8. The molecule has 0 atom stereocenters. The first kappa shape index (κ1) is 21.4. The Bertz CT molecular complexity index is 723. The Morgan fingerprint density at radius 1 is 1.37 bits per heavy atom. The predicted octanol–water partition coefficient (Wildman–Crippen LogP) is 1.43. The molecule has 7 nitrogen and oxygen atoms in total. The molecular weight excluding hydrogens is 371 g/mol. The Morgan fingerprint density at radius 2 is 2.11 bits per heavy atom. The molecule has 1 saturated carbocycles. The number of hydrogen-bond donors (Lipinski definition) is 2. The van der Waals surface area contributed by atoms with E-state index in [0.717, 1.165) is 12.8 Å². The zero-order valence-electron chi connectivity index (χ0n) is 15.9. The van der Waals surface area contributed by atoms with Gasteiger partial charge in [0.2, 0.25) is 10.0 Å². The van der Waals surface area contributed by atoms with Crippen molar-refractivity contribution in [1.29, 1.82) is 0 Å². The standard InChI is InChI=1S/C18H29FN4O3S/c1-20-18(21-10-13-27(24,25)22-14-15-6-5-7-15)23(2)11-12-26-17-9-4-3-8-16(17)19/h3-4,8-9,15,22H,5-7,10-14H2,1-2H3,(H,20,21). The largest absolute Gasteiger partial charge is 0.489 e. The van der Waals surface area contributed by atoms with Gasteiger partial charge in [-0.1, -0.05) is 18.6 Å². The molecule has 1 aromatic carbocycles. The lowest BCUT2D eigenvalue weighted by Gasteiger charge is -2.25. The third kappa shape index (κ3) is 7.34. The molecule has 9 heteroatoms. The third-order valence-corrected chi connectivity index (χ3v) is 5.91. The van der Waals surface area contributed by atoms with Gasteiger partial charge in [-0.15, -0.1) is 0 Å². The van der Waals surface area contributed by atoms with Crippen molar-refractivity contribution < 1.29 is 17.5 Å². The van der Waals surface area contributed by atoms with Gasteiger partial charge in [0.05, 0.1) is 12.3 Å². The highest BCUT2D eigenvalue weighted by molar-refractivity contribution is 7.89. The van der Waals surface area contributed by atoms with Gasteiger partial charge in [-0.3, -0.25) is 4.99 Å². The fraction of sp³-hybridized carbons (Fsp3) is 0.611. The maximum atomic E-state index is 13.5. The molecular formula is C18H29FN4O3S. The second kappa shape index (κ2) is 10.5. The quantitative estimate of drug-likeness (QED) is 0.459. The molecule has 0 radical (unpaired) electrons. The zero-order chi connectivity index (χ0) is 19.7. The van der Waals surface area contributed by atoms with Crippen molar-refractivity contribution in [2.45, 2.75) is 19.3 Å². The SMILES string of the molecule is CN=C(NCCS(=O)(=O)NCC1CCC1)N(C)CCOc1ccccc1F. The van der Waals surface area contributed by atoms with Crippen LogP contribution in [0, 0.1) is 11.7 Å². The average Bonchev–Trinajstić information content (AvgIpc) is 2.58. The van der Waals surface area contributed by atoms with Crippen LogP contribution in [0.25, 0.3) is 0 Å². The van der Waals surface area contributed by atoms with Crippen molar-refractivity contribution in [1.82, 2.24) is 14.9 Å². The van der Waals surface area contributed by atoms with E-state index in [1.807, 2.05) is 7.05 Å². The Balaban J connectivity index is 1.68. The van der Waals surface area contributed by atoms with Gasteiger partial charge in [-0.25, -0.2) is 17.5 Å². The number of nitrogens with zero attached hydrogens (tertiary/aromatic N) is 2. The van der Waals surface area contributed by atoms with Crippen LogP contribution in [0.2, 0.25) is 0 Å². The van der Waals surface area contributed by atoms with Gasteiger partial charge in [0, 0.05) is 27.2 Å². The van der Waals surface area contributed by atoms with E-state index in [9.17, 15) is 12.8 Å². The van der Waals surface area contributed by atoms with Crippen molar-refractivity contribution in [3.8, 4) is 5.75 Å². The molecule has 27 heavy (non-hydrogen) atoms. The van der Waals surface area contributed by atoms with E-state index in [1.54, 1.807) is 30.1 Å². The number of nitrogens with one attached hydrogen (secondary N) is 2. The van der Waals surface area contributed by atoms with Gasteiger partial charge >= 0.3 is 0 Å².